The van der Waals surface area contributed by atoms with Crippen LogP contribution < -0.4 is 0 Å². The van der Waals surface area contributed by atoms with Gasteiger partial charge in [0.05, 0.1) is 0 Å². The third-order valence-corrected chi connectivity index (χ3v) is 8.65. The summed E-state index contributed by atoms with van der Waals surface area (Å²) in [6.07, 6.45) is 6.84. The molecular weight excluding hydrogens is 620 g/mol. The van der Waals surface area contributed by atoms with Crippen LogP contribution >= 0.6 is 31.9 Å². The predicted molar refractivity (Wildman–Crippen MR) is 177 cm³/mol. The second-order valence-corrected chi connectivity index (χ2v) is 12.3. The highest BCUT2D eigenvalue weighted by molar-refractivity contribution is 9.10. The van der Waals surface area contributed by atoms with Crippen molar-refractivity contribution in [2.75, 3.05) is 0 Å². The van der Waals surface area contributed by atoms with E-state index in [-0.39, 0.29) is 5.78 Å². The molecule has 0 unspecified atom stereocenters. The Labute approximate surface area is 255 Å². The summed E-state index contributed by atoms with van der Waals surface area (Å²) < 4.78 is 1.99. The lowest BCUT2D eigenvalue weighted by molar-refractivity contribution is -0.108. The quantitative estimate of drug-likeness (QED) is 0.166. The largest absolute Gasteiger partial charge is 0.289 e. The third-order valence-electron chi connectivity index (χ3n) is 7.59. The van der Waals surface area contributed by atoms with Crippen LogP contribution in [0.3, 0.4) is 0 Å². The van der Waals surface area contributed by atoms with Crippen molar-refractivity contribution in [1.82, 2.24) is 0 Å². The molecule has 3 heteroatoms. The molecule has 5 rings (SSSR count). The molecule has 0 aliphatic heterocycles. The van der Waals surface area contributed by atoms with Gasteiger partial charge >= 0.3 is 0 Å². The van der Waals surface area contributed by atoms with E-state index in [1.54, 1.807) is 0 Å². The summed E-state index contributed by atoms with van der Waals surface area (Å²) in [6.45, 7) is 4.45. The van der Waals surface area contributed by atoms with Gasteiger partial charge in [-0.1, -0.05) is 131 Å². The summed E-state index contributed by atoms with van der Waals surface area (Å²) in [7, 11) is 0. The smallest absolute Gasteiger partial charge is 0.195 e. The molecule has 0 radical (unpaired) electrons. The van der Waals surface area contributed by atoms with E-state index in [0.29, 0.717) is 0 Å². The number of halogens is 2. The molecule has 1 aliphatic rings. The van der Waals surface area contributed by atoms with Crippen LogP contribution in [0.1, 0.15) is 72.9 Å². The van der Waals surface area contributed by atoms with E-state index in [4.69, 9.17) is 0 Å². The van der Waals surface area contributed by atoms with Gasteiger partial charge in [-0.3, -0.25) is 4.79 Å². The van der Waals surface area contributed by atoms with Crippen molar-refractivity contribution in [2.24, 2.45) is 0 Å². The number of rotatable bonds is 10. The fourth-order valence-corrected chi connectivity index (χ4v) is 5.93. The normalized spacial score (nSPS) is 13.4. The summed E-state index contributed by atoms with van der Waals surface area (Å²) in [5.74, 6) is 0.0692. The van der Waals surface area contributed by atoms with Gasteiger partial charge in [-0.05, 0) is 83.3 Å². The van der Waals surface area contributed by atoms with Gasteiger partial charge in [-0.25, -0.2) is 0 Å². The minimum absolute atomic E-state index is 0.0692. The van der Waals surface area contributed by atoms with Gasteiger partial charge < -0.3 is 0 Å². The van der Waals surface area contributed by atoms with E-state index in [9.17, 15) is 4.79 Å². The summed E-state index contributed by atoms with van der Waals surface area (Å²) in [5, 5.41) is 0. The van der Waals surface area contributed by atoms with Crippen molar-refractivity contribution in [2.45, 2.75) is 52.4 Å². The molecular formula is C37H34Br2O. The SMILES string of the molecule is CCCCc1ccc(C2=C(c3ccc(Br)cc3)C(=O)C(c3ccc(Br)cc3)=C2c2ccc(CCCC)cc2)cc1. The predicted octanol–water partition coefficient (Wildman–Crippen LogP) is 11.0. The van der Waals surface area contributed by atoms with E-state index in [1.165, 1.54) is 36.8 Å². The molecule has 0 heterocycles. The first-order chi connectivity index (χ1) is 19.5. The average molecular weight is 654 g/mol. The Kier molecular flexibility index (Phi) is 9.34. The average Bonchev–Trinajstić information content (AvgIpc) is 3.29. The zero-order valence-corrected chi connectivity index (χ0v) is 26.3. The third kappa shape index (κ3) is 6.16. The Morgan fingerprint density at radius 3 is 1.07 bits per heavy atom. The molecule has 0 atom stereocenters. The number of ketones is 1. The number of hydrogen-bond donors (Lipinski definition) is 0. The summed E-state index contributed by atoms with van der Waals surface area (Å²) >= 11 is 7.14. The van der Waals surface area contributed by atoms with Crippen molar-refractivity contribution in [1.29, 1.82) is 0 Å². The van der Waals surface area contributed by atoms with E-state index in [2.05, 4.69) is 94.2 Å². The van der Waals surface area contributed by atoms with Gasteiger partial charge in [0.15, 0.2) is 5.78 Å². The molecule has 0 spiro atoms. The van der Waals surface area contributed by atoms with Gasteiger partial charge in [0.25, 0.3) is 0 Å². The Balaban J connectivity index is 1.74. The van der Waals surface area contributed by atoms with E-state index in [1.807, 2.05) is 48.5 Å². The lowest BCUT2D eigenvalue weighted by Gasteiger charge is -2.15. The fourth-order valence-electron chi connectivity index (χ4n) is 5.40. The topological polar surface area (TPSA) is 17.1 Å². The molecule has 1 nitrogen and oxygen atoms in total. The van der Waals surface area contributed by atoms with Gasteiger partial charge in [0.2, 0.25) is 0 Å². The summed E-state index contributed by atoms with van der Waals surface area (Å²) in [6, 6.07) is 33.9. The number of aryl methyl sites for hydroxylation is 2. The number of allylic oxidation sites excluding steroid dienone is 4. The first-order valence-electron chi connectivity index (χ1n) is 14.2. The van der Waals surface area contributed by atoms with Crippen LogP contribution in [0.15, 0.2) is 106 Å². The van der Waals surface area contributed by atoms with Crippen LogP contribution in [0.4, 0.5) is 0 Å². The van der Waals surface area contributed by atoms with E-state index in [0.717, 1.165) is 66.3 Å². The molecule has 0 saturated heterocycles. The number of unbranched alkanes of at least 4 members (excludes halogenated alkanes) is 2. The highest BCUT2D eigenvalue weighted by Crippen LogP contribution is 2.50. The summed E-state index contributed by atoms with van der Waals surface area (Å²) in [5.41, 5.74) is 10.2. The van der Waals surface area contributed by atoms with Crippen LogP contribution in [-0.2, 0) is 17.6 Å². The van der Waals surface area contributed by atoms with Gasteiger partial charge in [0.1, 0.15) is 0 Å². The lowest BCUT2D eigenvalue weighted by Crippen LogP contribution is -2.02. The maximum absolute atomic E-state index is 14.5. The second kappa shape index (κ2) is 13.1. The first-order valence-corrected chi connectivity index (χ1v) is 15.8. The number of benzene rings is 4. The van der Waals surface area contributed by atoms with Crippen LogP contribution in [0, 0.1) is 0 Å². The lowest BCUT2D eigenvalue weighted by atomic mass is 9.88. The number of carbonyl (C=O) groups is 1. The first kappa shape index (κ1) is 28.5. The minimum atomic E-state index is 0.0692. The molecule has 4 aromatic rings. The molecule has 0 amide bonds. The van der Waals surface area contributed by atoms with Crippen LogP contribution in [0.5, 0.6) is 0 Å². The maximum Gasteiger partial charge on any atom is 0.195 e. The van der Waals surface area contributed by atoms with E-state index < -0.39 is 0 Å². The zero-order chi connectivity index (χ0) is 28.1. The maximum atomic E-state index is 14.5. The highest BCUT2D eigenvalue weighted by Gasteiger charge is 2.35. The standard InChI is InChI=1S/C37H34Br2O/c1-3-5-7-25-9-13-27(14-10-25)33-34(28-15-11-26(12-16-28)8-6-4-2)36(30-19-23-32(39)24-20-30)37(40)35(33)29-17-21-31(38)22-18-29/h9-24H,3-8H2,1-2H3. The molecule has 202 valence electrons. The Bertz CT molecular complexity index is 1420. The number of carbonyl (C=O) groups excluding carboxylic acids is 1. The van der Waals surface area contributed by atoms with Crippen LogP contribution in [-0.4, -0.2) is 5.78 Å². The molecule has 0 saturated carbocycles. The van der Waals surface area contributed by atoms with Gasteiger partial charge in [0, 0.05) is 31.2 Å². The monoisotopic (exact) mass is 652 g/mol. The molecule has 0 fully saturated rings. The van der Waals surface area contributed by atoms with E-state index >= 15 is 0 Å². The number of Topliss-reactive ketones (excluding diaryl/α,β-unsaturated/α-hetero) is 1. The van der Waals surface area contributed by atoms with Crippen molar-refractivity contribution in [3.63, 3.8) is 0 Å². The van der Waals surface area contributed by atoms with Crippen molar-refractivity contribution < 1.29 is 4.79 Å². The Morgan fingerprint density at radius 1 is 0.450 bits per heavy atom. The summed E-state index contributed by atoms with van der Waals surface area (Å²) in [4.78, 5) is 14.5. The second-order valence-electron chi connectivity index (χ2n) is 10.4. The Hall–Kier alpha value is -3.01. The van der Waals surface area contributed by atoms with Gasteiger partial charge in [-0.15, -0.1) is 0 Å². The molecule has 0 bridgehead atoms. The molecule has 0 N–H and O–H groups in total. The molecule has 0 aromatic heterocycles. The van der Waals surface area contributed by atoms with Crippen molar-refractivity contribution in [3.8, 4) is 0 Å². The minimum Gasteiger partial charge on any atom is -0.289 e. The molecule has 4 aromatic carbocycles. The molecule has 40 heavy (non-hydrogen) atoms. The fraction of sp³-hybridized carbons (Fsp3) is 0.216. The Morgan fingerprint density at radius 2 is 0.750 bits per heavy atom. The van der Waals surface area contributed by atoms with Crippen molar-refractivity contribution >= 4 is 59.9 Å². The van der Waals surface area contributed by atoms with Gasteiger partial charge in [-0.2, -0.15) is 0 Å². The highest BCUT2D eigenvalue weighted by atomic mass is 79.9. The van der Waals surface area contributed by atoms with Crippen LogP contribution in [0.25, 0.3) is 22.3 Å². The van der Waals surface area contributed by atoms with Crippen molar-refractivity contribution in [3.05, 3.63) is 139 Å². The zero-order valence-electron chi connectivity index (χ0n) is 23.1. The molecule has 1 aliphatic carbocycles. The number of hydrogen-bond acceptors (Lipinski definition) is 1. The van der Waals surface area contributed by atoms with Crippen LogP contribution in [0.2, 0.25) is 0 Å².